The molecule has 1 fully saturated rings. The van der Waals surface area contributed by atoms with Gasteiger partial charge in [-0.05, 0) is 30.9 Å². The quantitative estimate of drug-likeness (QED) is 0.750. The zero-order valence-electron chi connectivity index (χ0n) is 11.0. The molecule has 0 saturated heterocycles. The molecule has 1 aliphatic carbocycles. The smallest absolute Gasteiger partial charge is 0.261 e. The summed E-state index contributed by atoms with van der Waals surface area (Å²) in [6.07, 6.45) is 3.86. The third-order valence-corrected chi connectivity index (χ3v) is 6.46. The SMILES string of the molecule is O=C(NCC1CCC1)c1cc2sc3ccccc3c2s1. The highest BCUT2D eigenvalue weighted by molar-refractivity contribution is 7.33. The van der Waals surface area contributed by atoms with Gasteiger partial charge in [0.15, 0.2) is 0 Å². The van der Waals surface area contributed by atoms with E-state index in [4.69, 9.17) is 0 Å². The van der Waals surface area contributed by atoms with Gasteiger partial charge in [-0.1, -0.05) is 24.6 Å². The van der Waals surface area contributed by atoms with Crippen LogP contribution in [0.2, 0.25) is 0 Å². The van der Waals surface area contributed by atoms with Crippen LogP contribution in [0.1, 0.15) is 28.9 Å². The van der Waals surface area contributed by atoms with Crippen LogP contribution in [-0.4, -0.2) is 12.5 Å². The number of amides is 1. The number of carbonyl (C=O) groups excluding carboxylic acids is 1. The molecule has 0 spiro atoms. The second-order valence-corrected chi connectivity index (χ2v) is 7.55. The van der Waals surface area contributed by atoms with E-state index in [1.807, 2.05) is 6.07 Å². The number of nitrogens with one attached hydrogen (secondary N) is 1. The van der Waals surface area contributed by atoms with Crippen LogP contribution in [0.25, 0.3) is 19.5 Å². The molecule has 1 aromatic carbocycles. The Balaban J connectivity index is 1.61. The molecule has 1 saturated carbocycles. The summed E-state index contributed by atoms with van der Waals surface area (Å²) >= 11 is 3.39. The van der Waals surface area contributed by atoms with Crippen LogP contribution < -0.4 is 5.32 Å². The molecule has 3 aromatic rings. The Morgan fingerprint density at radius 1 is 1.20 bits per heavy atom. The van der Waals surface area contributed by atoms with Gasteiger partial charge in [0.25, 0.3) is 5.91 Å². The van der Waals surface area contributed by atoms with Gasteiger partial charge in [-0.15, -0.1) is 22.7 Å². The predicted molar refractivity (Wildman–Crippen MR) is 86.9 cm³/mol. The lowest BCUT2D eigenvalue weighted by Gasteiger charge is -2.25. The number of rotatable bonds is 3. The summed E-state index contributed by atoms with van der Waals surface area (Å²) in [6, 6.07) is 10.4. The number of benzene rings is 1. The molecule has 0 radical (unpaired) electrons. The topological polar surface area (TPSA) is 29.1 Å². The highest BCUT2D eigenvalue weighted by Crippen LogP contribution is 2.39. The van der Waals surface area contributed by atoms with Crippen molar-refractivity contribution in [3.63, 3.8) is 0 Å². The lowest BCUT2D eigenvalue weighted by atomic mass is 9.85. The fourth-order valence-corrected chi connectivity index (χ4v) is 5.07. The van der Waals surface area contributed by atoms with Crippen molar-refractivity contribution in [1.82, 2.24) is 5.32 Å². The standard InChI is InChI=1S/C16H15NOS2/c18-16(17-9-10-4-3-5-10)14-8-13-15(20-14)11-6-1-2-7-12(11)19-13/h1-2,6-8,10H,3-5,9H2,(H,17,18). The first-order chi connectivity index (χ1) is 9.81. The van der Waals surface area contributed by atoms with Crippen LogP contribution in [0.4, 0.5) is 0 Å². The Bertz CT molecular complexity index is 782. The maximum absolute atomic E-state index is 12.2. The number of hydrogen-bond donors (Lipinski definition) is 1. The summed E-state index contributed by atoms with van der Waals surface area (Å²) in [6.45, 7) is 0.838. The molecule has 1 N–H and O–H groups in total. The molecule has 1 aliphatic rings. The molecule has 4 rings (SSSR count). The molecule has 0 atom stereocenters. The maximum Gasteiger partial charge on any atom is 0.261 e. The second-order valence-electron chi connectivity index (χ2n) is 5.41. The Morgan fingerprint density at radius 2 is 2.05 bits per heavy atom. The zero-order valence-corrected chi connectivity index (χ0v) is 12.7. The molecule has 2 nitrogen and oxygen atoms in total. The third-order valence-electron chi connectivity index (χ3n) is 4.05. The van der Waals surface area contributed by atoms with Crippen LogP contribution in [0.5, 0.6) is 0 Å². The Morgan fingerprint density at radius 3 is 2.85 bits per heavy atom. The molecule has 0 aliphatic heterocycles. The van der Waals surface area contributed by atoms with E-state index in [1.165, 1.54) is 38.7 Å². The first-order valence-corrected chi connectivity index (χ1v) is 8.64. The molecular weight excluding hydrogens is 286 g/mol. The van der Waals surface area contributed by atoms with Crippen molar-refractivity contribution in [1.29, 1.82) is 0 Å². The predicted octanol–water partition coefficient (Wildman–Crippen LogP) is 4.65. The minimum Gasteiger partial charge on any atom is -0.351 e. The number of carbonyl (C=O) groups is 1. The van der Waals surface area contributed by atoms with E-state index >= 15 is 0 Å². The number of fused-ring (bicyclic) bond motifs is 3. The maximum atomic E-state index is 12.2. The summed E-state index contributed by atoms with van der Waals surface area (Å²) in [5.74, 6) is 0.801. The Kier molecular flexibility index (Phi) is 3.00. The first kappa shape index (κ1) is 12.4. The van der Waals surface area contributed by atoms with Crippen LogP contribution in [0.15, 0.2) is 30.3 Å². The summed E-state index contributed by atoms with van der Waals surface area (Å²) in [4.78, 5) is 13.0. The lowest BCUT2D eigenvalue weighted by Crippen LogP contribution is -2.31. The minimum absolute atomic E-state index is 0.0920. The molecule has 0 unspecified atom stereocenters. The zero-order chi connectivity index (χ0) is 13.5. The van der Waals surface area contributed by atoms with Crippen molar-refractivity contribution < 1.29 is 4.79 Å². The summed E-state index contributed by atoms with van der Waals surface area (Å²) in [7, 11) is 0. The normalized spacial score (nSPS) is 15.6. The van der Waals surface area contributed by atoms with Crippen molar-refractivity contribution in [3.8, 4) is 0 Å². The van der Waals surface area contributed by atoms with Crippen LogP contribution in [0.3, 0.4) is 0 Å². The van der Waals surface area contributed by atoms with E-state index in [0.29, 0.717) is 5.92 Å². The monoisotopic (exact) mass is 301 g/mol. The highest BCUT2D eigenvalue weighted by Gasteiger charge is 2.19. The highest BCUT2D eigenvalue weighted by atomic mass is 32.1. The van der Waals surface area contributed by atoms with E-state index in [2.05, 4.69) is 29.6 Å². The average molecular weight is 301 g/mol. The van der Waals surface area contributed by atoms with E-state index in [9.17, 15) is 4.79 Å². The van der Waals surface area contributed by atoms with Crippen molar-refractivity contribution in [2.24, 2.45) is 5.92 Å². The van der Waals surface area contributed by atoms with Crippen molar-refractivity contribution >= 4 is 48.1 Å². The molecule has 1 amide bonds. The average Bonchev–Trinajstić information content (AvgIpc) is 2.94. The molecule has 4 heteroatoms. The summed E-state index contributed by atoms with van der Waals surface area (Å²) < 4.78 is 3.78. The van der Waals surface area contributed by atoms with Crippen LogP contribution in [0, 0.1) is 5.92 Å². The molecular formula is C16H15NOS2. The molecule has 20 heavy (non-hydrogen) atoms. The largest absolute Gasteiger partial charge is 0.351 e. The van der Waals surface area contributed by atoms with Crippen molar-refractivity contribution in [2.45, 2.75) is 19.3 Å². The Labute approximate surface area is 125 Å². The van der Waals surface area contributed by atoms with E-state index in [1.54, 1.807) is 22.7 Å². The van der Waals surface area contributed by atoms with Crippen LogP contribution >= 0.6 is 22.7 Å². The van der Waals surface area contributed by atoms with Gasteiger partial charge in [0.2, 0.25) is 0 Å². The van der Waals surface area contributed by atoms with Gasteiger partial charge in [-0.2, -0.15) is 0 Å². The van der Waals surface area contributed by atoms with Gasteiger partial charge in [-0.3, -0.25) is 4.79 Å². The lowest BCUT2D eigenvalue weighted by molar-refractivity contribution is 0.0943. The fourth-order valence-electron chi connectivity index (χ4n) is 2.63. The van der Waals surface area contributed by atoms with Gasteiger partial charge in [-0.25, -0.2) is 0 Å². The third kappa shape index (κ3) is 2.03. The molecule has 2 aromatic heterocycles. The van der Waals surface area contributed by atoms with Crippen molar-refractivity contribution in [2.75, 3.05) is 6.54 Å². The number of hydrogen-bond acceptors (Lipinski definition) is 3. The van der Waals surface area contributed by atoms with Gasteiger partial charge < -0.3 is 5.32 Å². The van der Waals surface area contributed by atoms with E-state index < -0.39 is 0 Å². The number of thiophene rings is 2. The van der Waals surface area contributed by atoms with Crippen molar-refractivity contribution in [3.05, 3.63) is 35.2 Å². The second kappa shape index (κ2) is 4.86. The fraction of sp³-hybridized carbons (Fsp3) is 0.312. The van der Waals surface area contributed by atoms with Gasteiger partial charge >= 0.3 is 0 Å². The first-order valence-electron chi connectivity index (χ1n) is 7.00. The Hall–Kier alpha value is -1.39. The summed E-state index contributed by atoms with van der Waals surface area (Å²) in [5, 5.41) is 4.35. The molecule has 2 heterocycles. The molecule has 0 bridgehead atoms. The molecule has 102 valence electrons. The van der Waals surface area contributed by atoms with Gasteiger partial charge in [0.05, 0.1) is 9.58 Å². The minimum atomic E-state index is 0.0920. The van der Waals surface area contributed by atoms with Gasteiger partial charge in [0.1, 0.15) is 0 Å². The van der Waals surface area contributed by atoms with Crippen LogP contribution in [-0.2, 0) is 0 Å². The summed E-state index contributed by atoms with van der Waals surface area (Å²) in [5.41, 5.74) is 0. The van der Waals surface area contributed by atoms with E-state index in [0.717, 1.165) is 11.4 Å². The van der Waals surface area contributed by atoms with E-state index in [-0.39, 0.29) is 5.91 Å². The van der Waals surface area contributed by atoms with Gasteiger partial charge in [0, 0.05) is 21.3 Å².